The minimum absolute atomic E-state index is 0.0609. The SMILES string of the molecule is COC(=O)[C@H]1O[C@@H](OCC(=O)[C@@]2(O)CC[C@H]3[C@@H]4CCC5=CC(=O)CC[C@]5(C)[C@H]4CC[C@@]32C)[C@H](OC(C)=O)[C@@H](OC(C)=O)[C@@H]1OC(C)=O. The Kier molecular flexibility index (Phi) is 9.75. The summed E-state index contributed by atoms with van der Waals surface area (Å²) in [5, 5.41) is 12.2. The van der Waals surface area contributed by atoms with Crippen molar-refractivity contribution in [2.45, 2.75) is 122 Å². The Morgan fingerprint density at radius 3 is 2.11 bits per heavy atom. The second-order valence-corrected chi connectivity index (χ2v) is 14.2. The highest BCUT2D eigenvalue weighted by molar-refractivity contribution is 5.92. The van der Waals surface area contributed by atoms with Gasteiger partial charge < -0.3 is 33.5 Å². The first-order valence-corrected chi connectivity index (χ1v) is 16.4. The maximum atomic E-state index is 14.0. The van der Waals surface area contributed by atoms with Crippen LogP contribution < -0.4 is 0 Å². The van der Waals surface area contributed by atoms with E-state index in [1.807, 2.05) is 13.0 Å². The van der Waals surface area contributed by atoms with Crippen LogP contribution in [0.3, 0.4) is 0 Å². The van der Waals surface area contributed by atoms with E-state index in [2.05, 4.69) is 6.92 Å². The molecule has 4 aliphatic carbocycles. The maximum Gasteiger partial charge on any atom is 0.339 e. The highest BCUT2D eigenvalue weighted by Crippen LogP contribution is 2.67. The lowest BCUT2D eigenvalue weighted by molar-refractivity contribution is -0.300. The van der Waals surface area contributed by atoms with Crippen LogP contribution in [0.2, 0.25) is 0 Å². The minimum Gasteiger partial charge on any atom is -0.467 e. The van der Waals surface area contributed by atoms with Crippen molar-refractivity contribution in [3.8, 4) is 0 Å². The third-order valence-electron chi connectivity index (χ3n) is 11.8. The number of ether oxygens (including phenoxy) is 6. The topological polar surface area (TPSA) is 178 Å². The largest absolute Gasteiger partial charge is 0.467 e. The van der Waals surface area contributed by atoms with Crippen molar-refractivity contribution in [1.29, 1.82) is 0 Å². The van der Waals surface area contributed by atoms with E-state index in [1.165, 1.54) is 5.57 Å². The first kappa shape index (κ1) is 35.2. The number of hydrogen-bond donors (Lipinski definition) is 1. The molecule has 13 heteroatoms. The third kappa shape index (κ3) is 6.14. The Morgan fingerprint density at radius 1 is 0.851 bits per heavy atom. The molecule has 0 bridgehead atoms. The zero-order valence-corrected chi connectivity index (χ0v) is 27.9. The summed E-state index contributed by atoms with van der Waals surface area (Å²) in [5.74, 6) is -3.13. The molecule has 47 heavy (non-hydrogen) atoms. The first-order chi connectivity index (χ1) is 22.1. The Hall–Kier alpha value is -3.16. The molecule has 0 aromatic carbocycles. The molecule has 11 atom stereocenters. The van der Waals surface area contributed by atoms with Gasteiger partial charge in [-0.2, -0.15) is 0 Å². The Bertz CT molecular complexity index is 1350. The lowest BCUT2D eigenvalue weighted by Gasteiger charge is -2.58. The molecule has 0 aromatic rings. The van der Waals surface area contributed by atoms with Crippen LogP contribution in [0.25, 0.3) is 0 Å². The molecule has 3 saturated carbocycles. The Morgan fingerprint density at radius 2 is 1.47 bits per heavy atom. The Balaban J connectivity index is 1.37. The molecule has 1 aliphatic heterocycles. The fourth-order valence-electron chi connectivity index (χ4n) is 9.52. The number of hydrogen-bond acceptors (Lipinski definition) is 13. The summed E-state index contributed by atoms with van der Waals surface area (Å²) >= 11 is 0. The summed E-state index contributed by atoms with van der Waals surface area (Å²) in [7, 11) is 1.08. The van der Waals surface area contributed by atoms with E-state index in [9.17, 15) is 33.9 Å². The van der Waals surface area contributed by atoms with Crippen LogP contribution in [0.15, 0.2) is 11.6 Å². The highest BCUT2D eigenvalue weighted by Gasteiger charge is 2.66. The number of Topliss-reactive ketones (excluding diaryl/α,β-unsaturated/α-hetero) is 1. The monoisotopic (exact) mass is 662 g/mol. The Labute approximate surface area is 274 Å². The van der Waals surface area contributed by atoms with Crippen molar-refractivity contribution in [1.82, 2.24) is 0 Å². The third-order valence-corrected chi connectivity index (χ3v) is 11.8. The molecule has 260 valence electrons. The number of rotatable bonds is 8. The number of carbonyl (C=O) groups is 6. The molecule has 4 fully saturated rings. The van der Waals surface area contributed by atoms with Crippen LogP contribution in [-0.4, -0.2) is 90.6 Å². The van der Waals surface area contributed by atoms with Crippen molar-refractivity contribution < 1.29 is 62.3 Å². The summed E-state index contributed by atoms with van der Waals surface area (Å²) < 4.78 is 32.5. The normalized spacial score (nSPS) is 40.9. The van der Waals surface area contributed by atoms with Crippen molar-refractivity contribution in [2.24, 2.45) is 28.6 Å². The average molecular weight is 663 g/mol. The molecule has 5 aliphatic rings. The van der Waals surface area contributed by atoms with Gasteiger partial charge in [0.1, 0.15) is 12.2 Å². The van der Waals surface area contributed by atoms with Gasteiger partial charge in [-0.25, -0.2) is 4.79 Å². The molecule has 0 aromatic heterocycles. The predicted molar refractivity (Wildman–Crippen MR) is 160 cm³/mol. The van der Waals surface area contributed by atoms with E-state index in [1.54, 1.807) is 0 Å². The van der Waals surface area contributed by atoms with E-state index in [-0.39, 0.29) is 23.5 Å². The van der Waals surface area contributed by atoms with Gasteiger partial charge in [0.15, 0.2) is 42.3 Å². The summed E-state index contributed by atoms with van der Waals surface area (Å²) in [6.07, 6.45) is -0.660. The lowest BCUT2D eigenvalue weighted by Crippen LogP contribution is -2.64. The van der Waals surface area contributed by atoms with Gasteiger partial charge in [0, 0.05) is 32.6 Å². The highest BCUT2D eigenvalue weighted by atomic mass is 16.7. The number of fused-ring (bicyclic) bond motifs is 5. The molecule has 1 saturated heterocycles. The maximum absolute atomic E-state index is 14.0. The van der Waals surface area contributed by atoms with Crippen LogP contribution in [0.4, 0.5) is 0 Å². The van der Waals surface area contributed by atoms with Crippen molar-refractivity contribution in [2.75, 3.05) is 13.7 Å². The molecule has 1 N–H and O–H groups in total. The fraction of sp³-hybridized carbons (Fsp3) is 0.765. The van der Waals surface area contributed by atoms with E-state index in [4.69, 9.17) is 28.4 Å². The van der Waals surface area contributed by atoms with Gasteiger partial charge in [-0.3, -0.25) is 24.0 Å². The second-order valence-electron chi connectivity index (χ2n) is 14.2. The quantitative estimate of drug-likeness (QED) is 0.296. The standard InChI is InChI=1S/C34H46O13/c1-17(35)44-26-27(45-18(2)36)29(46-19(3)37)31(47-28(26)30(40)42-6)43-16-25(39)34(41)14-11-24-22-8-7-20-15-21(38)9-12-32(20,4)23(22)10-13-33(24,34)5/h15,22-24,26-29,31,41H,7-14,16H2,1-6H3/t22-,23+,24+,26+,27+,28+,29-,31-,32+,33+,34+/m1/s1. The molecular weight excluding hydrogens is 616 g/mol. The van der Waals surface area contributed by atoms with Crippen molar-refractivity contribution >= 4 is 35.4 Å². The van der Waals surface area contributed by atoms with Gasteiger partial charge in [0.2, 0.25) is 0 Å². The second kappa shape index (κ2) is 13.0. The average Bonchev–Trinajstić information content (AvgIpc) is 3.28. The van der Waals surface area contributed by atoms with Gasteiger partial charge in [-0.05, 0) is 74.2 Å². The number of methoxy groups -OCH3 is 1. The van der Waals surface area contributed by atoms with Crippen LogP contribution in [-0.2, 0) is 57.2 Å². The zero-order valence-electron chi connectivity index (χ0n) is 27.9. The van der Waals surface area contributed by atoms with Crippen LogP contribution in [0.1, 0.15) is 86.0 Å². The molecule has 0 spiro atoms. The molecular formula is C34H46O13. The smallest absolute Gasteiger partial charge is 0.339 e. The molecule has 5 rings (SSSR count). The lowest BCUT2D eigenvalue weighted by atomic mass is 9.46. The molecule has 0 radical (unpaired) electrons. The molecule has 0 unspecified atom stereocenters. The number of aliphatic hydroxyl groups is 1. The minimum atomic E-state index is -1.72. The van der Waals surface area contributed by atoms with Crippen molar-refractivity contribution in [3.63, 3.8) is 0 Å². The van der Waals surface area contributed by atoms with Crippen LogP contribution >= 0.6 is 0 Å². The fourth-order valence-corrected chi connectivity index (χ4v) is 9.52. The van der Waals surface area contributed by atoms with Crippen molar-refractivity contribution in [3.05, 3.63) is 11.6 Å². The predicted octanol–water partition coefficient (Wildman–Crippen LogP) is 2.53. The molecule has 0 amide bonds. The van der Waals surface area contributed by atoms with Gasteiger partial charge >= 0.3 is 23.9 Å². The molecule has 1 heterocycles. The molecule has 13 nitrogen and oxygen atoms in total. The number of allylic oxidation sites excluding steroid dienone is 1. The van der Waals surface area contributed by atoms with Gasteiger partial charge in [-0.1, -0.05) is 19.4 Å². The van der Waals surface area contributed by atoms with E-state index >= 15 is 0 Å². The summed E-state index contributed by atoms with van der Waals surface area (Å²) in [4.78, 5) is 75.1. The van der Waals surface area contributed by atoms with Crippen LogP contribution in [0.5, 0.6) is 0 Å². The number of ketones is 2. The van der Waals surface area contributed by atoms with Gasteiger partial charge in [-0.15, -0.1) is 0 Å². The zero-order chi connectivity index (χ0) is 34.5. The van der Waals surface area contributed by atoms with E-state index in [0.717, 1.165) is 53.6 Å². The summed E-state index contributed by atoms with van der Waals surface area (Å²) in [6.45, 7) is 6.82. The van der Waals surface area contributed by atoms with Gasteiger partial charge in [0.25, 0.3) is 0 Å². The first-order valence-electron chi connectivity index (χ1n) is 16.4. The van der Waals surface area contributed by atoms with Gasteiger partial charge in [0.05, 0.1) is 7.11 Å². The van der Waals surface area contributed by atoms with E-state index in [0.29, 0.717) is 31.1 Å². The van der Waals surface area contributed by atoms with E-state index < -0.39 is 78.0 Å². The van der Waals surface area contributed by atoms with Crippen LogP contribution in [0, 0.1) is 28.6 Å². The number of esters is 4. The summed E-state index contributed by atoms with van der Waals surface area (Å²) in [5.41, 5.74) is -1.27. The summed E-state index contributed by atoms with van der Waals surface area (Å²) in [6, 6.07) is 0. The number of carbonyl (C=O) groups excluding carboxylic acids is 6.